The Balaban J connectivity index is 0.00000256. The minimum absolute atomic E-state index is 0. The molecule has 9 heteroatoms. The molecule has 1 unspecified atom stereocenters. The van der Waals surface area contributed by atoms with E-state index < -0.39 is 29.2 Å². The first-order chi connectivity index (χ1) is 13.9. The number of nitrogens with one attached hydrogen (secondary N) is 3. The second-order valence-corrected chi connectivity index (χ2v) is 7.44. The Morgan fingerprint density at radius 1 is 1.13 bits per heavy atom. The largest absolute Gasteiger partial charge is 0.350 e. The number of fused-ring (bicyclic) bond motifs is 1. The van der Waals surface area contributed by atoms with Crippen molar-refractivity contribution in [2.45, 2.75) is 32.1 Å². The molecule has 158 valence electrons. The normalized spacial score (nSPS) is 19.9. The van der Waals surface area contributed by atoms with Crippen LogP contribution in [0, 0.1) is 5.82 Å². The van der Waals surface area contributed by atoms with E-state index in [-0.39, 0.29) is 19.0 Å². The lowest BCUT2D eigenvalue weighted by molar-refractivity contribution is -0.134. The summed E-state index contributed by atoms with van der Waals surface area (Å²) in [4.78, 5) is 38.4. The molecule has 1 atom stereocenters. The number of rotatable bonds is 5. The highest BCUT2D eigenvalue weighted by Crippen LogP contribution is 2.28. The summed E-state index contributed by atoms with van der Waals surface area (Å²) in [5.74, 6) is -1.42. The van der Waals surface area contributed by atoms with Gasteiger partial charge in [-0.05, 0) is 41.3 Å². The van der Waals surface area contributed by atoms with Crippen molar-refractivity contribution in [2.75, 3.05) is 6.54 Å². The van der Waals surface area contributed by atoms with Crippen LogP contribution in [-0.4, -0.2) is 29.3 Å². The van der Waals surface area contributed by atoms with Crippen LogP contribution in [0.2, 0.25) is 0 Å². The molecule has 2 aromatic rings. The highest BCUT2D eigenvalue weighted by molar-refractivity contribution is 6.09. The van der Waals surface area contributed by atoms with Gasteiger partial charge in [0, 0.05) is 19.6 Å². The second kappa shape index (κ2) is 8.41. The lowest BCUT2D eigenvalue weighted by Crippen LogP contribution is -2.43. The molecule has 2 heterocycles. The van der Waals surface area contributed by atoms with Crippen molar-refractivity contribution in [1.29, 1.82) is 0 Å². The van der Waals surface area contributed by atoms with Gasteiger partial charge in [0.15, 0.2) is 0 Å². The molecule has 0 saturated carbocycles. The molecule has 0 bridgehead atoms. The van der Waals surface area contributed by atoms with E-state index in [1.54, 1.807) is 0 Å². The Bertz CT molecular complexity index is 998. The van der Waals surface area contributed by atoms with Gasteiger partial charge in [-0.25, -0.2) is 9.18 Å². The summed E-state index contributed by atoms with van der Waals surface area (Å²) < 4.78 is 13.2. The minimum Gasteiger partial charge on any atom is -0.350 e. The Kier molecular flexibility index (Phi) is 6.09. The number of nitrogens with zero attached hydrogens (tertiary/aromatic N) is 1. The predicted octanol–water partition coefficient (Wildman–Crippen LogP) is 1.93. The standard InChI is InChI=1S/C21H21FN4O3.ClH/c1-21(16-4-6-17(22)7-5-16)19(28)26(20(29)25-21)12-18(27)24-9-13-2-3-14-10-23-11-15(14)8-13;/h2-8,23H,9-12H2,1H3,(H,24,27)(H,25,29);1H. The van der Waals surface area contributed by atoms with Gasteiger partial charge in [-0.3, -0.25) is 14.5 Å². The van der Waals surface area contributed by atoms with Crippen molar-refractivity contribution in [1.82, 2.24) is 20.9 Å². The number of hydrogen-bond acceptors (Lipinski definition) is 4. The smallest absolute Gasteiger partial charge is 0.325 e. The number of imide groups is 1. The topological polar surface area (TPSA) is 90.5 Å². The van der Waals surface area contributed by atoms with Crippen LogP contribution in [0.25, 0.3) is 0 Å². The van der Waals surface area contributed by atoms with Gasteiger partial charge in [0.25, 0.3) is 5.91 Å². The van der Waals surface area contributed by atoms with Gasteiger partial charge in [-0.1, -0.05) is 30.3 Å². The van der Waals surface area contributed by atoms with E-state index in [0.717, 1.165) is 23.6 Å². The third kappa shape index (κ3) is 4.01. The van der Waals surface area contributed by atoms with E-state index in [0.29, 0.717) is 12.1 Å². The average molecular weight is 433 g/mol. The lowest BCUT2D eigenvalue weighted by Gasteiger charge is -2.22. The third-order valence-corrected chi connectivity index (χ3v) is 5.39. The maximum Gasteiger partial charge on any atom is 0.325 e. The van der Waals surface area contributed by atoms with Gasteiger partial charge in [-0.15, -0.1) is 12.4 Å². The third-order valence-electron chi connectivity index (χ3n) is 5.39. The Labute approximate surface area is 179 Å². The molecule has 30 heavy (non-hydrogen) atoms. The van der Waals surface area contributed by atoms with Crippen molar-refractivity contribution in [3.63, 3.8) is 0 Å². The number of urea groups is 1. The molecule has 0 aromatic heterocycles. The number of hydrogen-bond donors (Lipinski definition) is 3. The van der Waals surface area contributed by atoms with E-state index in [1.807, 2.05) is 18.2 Å². The second-order valence-electron chi connectivity index (χ2n) is 7.44. The quantitative estimate of drug-likeness (QED) is 0.630. The van der Waals surface area contributed by atoms with E-state index in [1.165, 1.54) is 42.3 Å². The van der Waals surface area contributed by atoms with Crippen LogP contribution >= 0.6 is 12.4 Å². The Morgan fingerprint density at radius 2 is 1.83 bits per heavy atom. The Morgan fingerprint density at radius 3 is 2.57 bits per heavy atom. The maximum absolute atomic E-state index is 13.2. The molecule has 3 N–H and O–H groups in total. The molecule has 7 nitrogen and oxygen atoms in total. The number of carbonyl (C=O) groups excluding carboxylic acids is 3. The molecule has 2 aliphatic heterocycles. The maximum atomic E-state index is 13.2. The molecule has 1 fully saturated rings. The summed E-state index contributed by atoms with van der Waals surface area (Å²) in [6.45, 7) is 3.12. The first-order valence-electron chi connectivity index (χ1n) is 9.35. The molecule has 2 aromatic carbocycles. The first kappa shape index (κ1) is 21.7. The van der Waals surface area contributed by atoms with Crippen molar-refractivity contribution < 1.29 is 18.8 Å². The van der Waals surface area contributed by atoms with E-state index in [9.17, 15) is 18.8 Å². The molecular formula is C21H22ClFN4O3. The fourth-order valence-corrected chi connectivity index (χ4v) is 3.68. The highest BCUT2D eigenvalue weighted by atomic mass is 35.5. The zero-order chi connectivity index (χ0) is 20.6. The van der Waals surface area contributed by atoms with Gasteiger partial charge < -0.3 is 16.0 Å². The number of amides is 4. The molecule has 0 radical (unpaired) electrons. The summed E-state index contributed by atoms with van der Waals surface area (Å²) >= 11 is 0. The van der Waals surface area contributed by atoms with Crippen molar-refractivity contribution in [3.05, 3.63) is 70.5 Å². The molecule has 0 aliphatic carbocycles. The molecule has 0 spiro atoms. The zero-order valence-electron chi connectivity index (χ0n) is 16.3. The molecule has 1 saturated heterocycles. The number of benzene rings is 2. The lowest BCUT2D eigenvalue weighted by atomic mass is 9.92. The van der Waals surface area contributed by atoms with Crippen LogP contribution in [0.3, 0.4) is 0 Å². The minimum atomic E-state index is -1.34. The van der Waals surface area contributed by atoms with Crippen LogP contribution in [0.1, 0.15) is 29.2 Å². The van der Waals surface area contributed by atoms with Gasteiger partial charge in [0.05, 0.1) is 0 Å². The predicted molar refractivity (Wildman–Crippen MR) is 110 cm³/mol. The summed E-state index contributed by atoms with van der Waals surface area (Å²) in [7, 11) is 0. The van der Waals surface area contributed by atoms with Crippen LogP contribution in [0.4, 0.5) is 9.18 Å². The Hall–Kier alpha value is -2.97. The monoisotopic (exact) mass is 432 g/mol. The van der Waals surface area contributed by atoms with Crippen LogP contribution in [0.15, 0.2) is 42.5 Å². The highest BCUT2D eigenvalue weighted by Gasteiger charge is 2.49. The molecule has 2 aliphatic rings. The van der Waals surface area contributed by atoms with E-state index in [2.05, 4.69) is 16.0 Å². The van der Waals surface area contributed by atoms with Crippen LogP contribution in [0.5, 0.6) is 0 Å². The summed E-state index contributed by atoms with van der Waals surface area (Å²) in [6, 6.07) is 10.7. The SMILES string of the molecule is CC1(c2ccc(F)cc2)NC(=O)N(CC(=O)NCc2ccc3c(c2)CNC3)C1=O.Cl. The van der Waals surface area contributed by atoms with Gasteiger partial charge >= 0.3 is 6.03 Å². The average Bonchev–Trinajstić information content (AvgIpc) is 3.25. The van der Waals surface area contributed by atoms with Crippen LogP contribution in [-0.2, 0) is 34.8 Å². The molecule has 4 amide bonds. The van der Waals surface area contributed by atoms with E-state index in [4.69, 9.17) is 0 Å². The first-order valence-corrected chi connectivity index (χ1v) is 9.35. The fourth-order valence-electron chi connectivity index (χ4n) is 3.68. The zero-order valence-corrected chi connectivity index (χ0v) is 17.1. The number of halogens is 2. The summed E-state index contributed by atoms with van der Waals surface area (Å²) in [5, 5.41) is 8.62. The summed E-state index contributed by atoms with van der Waals surface area (Å²) in [5.41, 5.74) is 2.53. The van der Waals surface area contributed by atoms with Crippen molar-refractivity contribution in [2.24, 2.45) is 0 Å². The van der Waals surface area contributed by atoms with E-state index >= 15 is 0 Å². The van der Waals surface area contributed by atoms with Gasteiger partial charge in [0.2, 0.25) is 5.91 Å². The number of carbonyl (C=O) groups is 3. The molecular weight excluding hydrogens is 411 g/mol. The van der Waals surface area contributed by atoms with Gasteiger partial charge in [0.1, 0.15) is 17.9 Å². The van der Waals surface area contributed by atoms with Crippen molar-refractivity contribution in [3.8, 4) is 0 Å². The van der Waals surface area contributed by atoms with Gasteiger partial charge in [-0.2, -0.15) is 0 Å². The molecule has 4 rings (SSSR count). The summed E-state index contributed by atoms with van der Waals surface area (Å²) in [6.07, 6.45) is 0. The van der Waals surface area contributed by atoms with Crippen LogP contribution < -0.4 is 16.0 Å². The fraction of sp³-hybridized carbons (Fsp3) is 0.286. The van der Waals surface area contributed by atoms with Crippen molar-refractivity contribution >= 4 is 30.3 Å².